The Kier molecular flexibility index (Phi) is 5.62. The van der Waals surface area contributed by atoms with E-state index in [9.17, 15) is 4.79 Å². The topological polar surface area (TPSA) is 32.3 Å². The SMILES string of the molecule is CC(C)c1cccc(C(C)C)c1NC(=O)CN1CCc2sccc2[C@@H]1C1CC1. The third-order valence-corrected chi connectivity index (χ3v) is 7.17. The molecule has 1 aliphatic heterocycles. The van der Waals surface area contributed by atoms with Gasteiger partial charge in [-0.3, -0.25) is 9.69 Å². The molecule has 1 saturated carbocycles. The fraction of sp³-hybridized carbons (Fsp3) is 0.542. The Bertz CT molecular complexity index is 824. The first-order valence-electron chi connectivity index (χ1n) is 10.7. The van der Waals surface area contributed by atoms with E-state index in [1.165, 1.54) is 34.4 Å². The highest BCUT2D eigenvalue weighted by Crippen LogP contribution is 2.48. The summed E-state index contributed by atoms with van der Waals surface area (Å²) in [4.78, 5) is 17.1. The van der Waals surface area contributed by atoms with Crippen molar-refractivity contribution in [3.05, 3.63) is 51.2 Å². The molecule has 1 N–H and O–H groups in total. The second-order valence-electron chi connectivity index (χ2n) is 8.97. The lowest BCUT2D eigenvalue weighted by Gasteiger charge is -2.35. The van der Waals surface area contributed by atoms with Gasteiger partial charge in [-0.2, -0.15) is 0 Å². The molecule has 150 valence electrons. The van der Waals surface area contributed by atoms with Crippen molar-refractivity contribution in [1.82, 2.24) is 4.90 Å². The van der Waals surface area contributed by atoms with Gasteiger partial charge in [-0.1, -0.05) is 45.9 Å². The number of carbonyl (C=O) groups excluding carboxylic acids is 1. The summed E-state index contributed by atoms with van der Waals surface area (Å²) in [5.74, 6) is 1.63. The zero-order valence-corrected chi connectivity index (χ0v) is 18.3. The molecule has 1 atom stereocenters. The minimum Gasteiger partial charge on any atom is -0.324 e. The maximum absolute atomic E-state index is 13.1. The number of carbonyl (C=O) groups is 1. The van der Waals surface area contributed by atoms with Crippen LogP contribution in [-0.4, -0.2) is 23.9 Å². The minimum atomic E-state index is 0.124. The quantitative estimate of drug-likeness (QED) is 0.655. The summed E-state index contributed by atoms with van der Waals surface area (Å²) < 4.78 is 0. The second kappa shape index (κ2) is 8.00. The number of thiophene rings is 1. The lowest BCUT2D eigenvalue weighted by atomic mass is 9.92. The van der Waals surface area contributed by atoms with Gasteiger partial charge in [0.15, 0.2) is 0 Å². The first kappa shape index (κ1) is 19.7. The second-order valence-corrected chi connectivity index (χ2v) is 9.97. The van der Waals surface area contributed by atoms with Crippen molar-refractivity contribution in [2.45, 2.75) is 64.8 Å². The smallest absolute Gasteiger partial charge is 0.238 e. The third kappa shape index (κ3) is 3.90. The van der Waals surface area contributed by atoms with E-state index >= 15 is 0 Å². The van der Waals surface area contributed by atoms with Gasteiger partial charge in [0.2, 0.25) is 5.91 Å². The van der Waals surface area contributed by atoms with E-state index in [1.807, 2.05) is 11.3 Å². The van der Waals surface area contributed by atoms with Gasteiger partial charge in [0, 0.05) is 23.2 Å². The predicted octanol–water partition coefficient (Wildman–Crippen LogP) is 5.94. The fourth-order valence-corrected chi connectivity index (χ4v) is 5.51. The maximum atomic E-state index is 13.1. The summed E-state index contributed by atoms with van der Waals surface area (Å²) in [5, 5.41) is 5.53. The Morgan fingerprint density at radius 3 is 2.43 bits per heavy atom. The monoisotopic (exact) mass is 396 g/mol. The van der Waals surface area contributed by atoms with Crippen LogP contribution >= 0.6 is 11.3 Å². The van der Waals surface area contributed by atoms with E-state index in [0.29, 0.717) is 24.4 Å². The molecule has 0 radical (unpaired) electrons. The number of anilines is 1. The van der Waals surface area contributed by atoms with E-state index in [1.54, 1.807) is 0 Å². The molecule has 1 amide bonds. The first-order chi connectivity index (χ1) is 13.5. The molecule has 2 aliphatic rings. The number of benzene rings is 1. The average Bonchev–Trinajstić information content (AvgIpc) is 3.37. The van der Waals surface area contributed by atoms with E-state index in [-0.39, 0.29) is 5.91 Å². The van der Waals surface area contributed by atoms with Gasteiger partial charge in [0.25, 0.3) is 0 Å². The van der Waals surface area contributed by atoms with Crippen LogP contribution in [-0.2, 0) is 11.2 Å². The molecule has 0 bridgehead atoms. The minimum absolute atomic E-state index is 0.124. The van der Waals surface area contributed by atoms with Crippen LogP contribution in [0.1, 0.15) is 80.0 Å². The van der Waals surface area contributed by atoms with E-state index in [2.05, 4.69) is 67.6 Å². The van der Waals surface area contributed by atoms with Crippen LogP contribution in [0.25, 0.3) is 0 Å². The number of rotatable bonds is 6. The molecule has 1 fully saturated rings. The van der Waals surface area contributed by atoms with Crippen molar-refractivity contribution in [3.63, 3.8) is 0 Å². The Labute approximate surface area is 173 Å². The Morgan fingerprint density at radius 2 is 1.82 bits per heavy atom. The number of nitrogens with zero attached hydrogens (tertiary/aromatic N) is 1. The largest absolute Gasteiger partial charge is 0.324 e. The molecule has 1 aromatic carbocycles. The summed E-state index contributed by atoms with van der Waals surface area (Å²) in [6, 6.07) is 9.14. The number of amides is 1. The first-order valence-corrected chi connectivity index (χ1v) is 11.6. The van der Waals surface area contributed by atoms with Crippen molar-refractivity contribution >= 4 is 22.9 Å². The molecule has 28 heavy (non-hydrogen) atoms. The molecule has 1 aliphatic carbocycles. The lowest BCUT2D eigenvalue weighted by molar-refractivity contribution is -0.118. The summed E-state index contributed by atoms with van der Waals surface area (Å²) in [6.07, 6.45) is 3.67. The molecule has 0 unspecified atom stereocenters. The molecular weight excluding hydrogens is 364 g/mol. The Morgan fingerprint density at radius 1 is 1.14 bits per heavy atom. The van der Waals surface area contributed by atoms with E-state index in [4.69, 9.17) is 0 Å². The van der Waals surface area contributed by atoms with Crippen LogP contribution in [0.5, 0.6) is 0 Å². The van der Waals surface area contributed by atoms with Crippen LogP contribution in [0.3, 0.4) is 0 Å². The highest BCUT2D eigenvalue weighted by atomic mass is 32.1. The summed E-state index contributed by atoms with van der Waals surface area (Å²) in [7, 11) is 0. The van der Waals surface area contributed by atoms with Gasteiger partial charge in [-0.15, -0.1) is 11.3 Å². The van der Waals surface area contributed by atoms with Crippen molar-refractivity contribution in [2.75, 3.05) is 18.4 Å². The van der Waals surface area contributed by atoms with Gasteiger partial charge in [-0.25, -0.2) is 0 Å². The van der Waals surface area contributed by atoms with Crippen LogP contribution < -0.4 is 5.32 Å². The molecular formula is C24H32N2OS. The summed E-state index contributed by atoms with van der Waals surface area (Å²) >= 11 is 1.88. The van der Waals surface area contributed by atoms with Gasteiger partial charge in [-0.05, 0) is 65.2 Å². The highest BCUT2D eigenvalue weighted by molar-refractivity contribution is 7.10. The number of para-hydroxylation sites is 1. The van der Waals surface area contributed by atoms with Crippen molar-refractivity contribution in [2.24, 2.45) is 5.92 Å². The maximum Gasteiger partial charge on any atom is 0.238 e. The van der Waals surface area contributed by atoms with Crippen LogP contribution in [0, 0.1) is 5.92 Å². The molecule has 0 spiro atoms. The molecule has 4 heteroatoms. The normalized spacial score (nSPS) is 19.9. The van der Waals surface area contributed by atoms with E-state index < -0.39 is 0 Å². The number of hydrogen-bond donors (Lipinski definition) is 1. The summed E-state index contributed by atoms with van der Waals surface area (Å²) in [6.45, 7) is 10.3. The standard InChI is InChI=1S/C24H32N2OS/c1-15(2)18-6-5-7-19(16(3)4)23(18)25-22(27)14-26-12-10-21-20(11-13-28-21)24(26)17-8-9-17/h5-7,11,13,15-17,24H,8-10,12,14H2,1-4H3,(H,25,27)/t24-/m0/s1. The van der Waals surface area contributed by atoms with Crippen molar-refractivity contribution in [1.29, 1.82) is 0 Å². The molecule has 1 aromatic heterocycles. The zero-order chi connectivity index (χ0) is 19.8. The average molecular weight is 397 g/mol. The van der Waals surface area contributed by atoms with Gasteiger partial charge in [0.1, 0.15) is 0 Å². The van der Waals surface area contributed by atoms with Crippen LogP contribution in [0.2, 0.25) is 0 Å². The van der Waals surface area contributed by atoms with Gasteiger partial charge >= 0.3 is 0 Å². The number of nitrogens with one attached hydrogen (secondary N) is 1. The summed E-state index contributed by atoms with van der Waals surface area (Å²) in [5.41, 5.74) is 4.99. The molecule has 2 aromatic rings. The fourth-order valence-electron chi connectivity index (χ4n) is 4.60. The lowest BCUT2D eigenvalue weighted by Crippen LogP contribution is -2.41. The van der Waals surface area contributed by atoms with Crippen molar-refractivity contribution < 1.29 is 4.79 Å². The van der Waals surface area contributed by atoms with Gasteiger partial charge < -0.3 is 5.32 Å². The van der Waals surface area contributed by atoms with Crippen LogP contribution in [0.4, 0.5) is 5.69 Å². The highest BCUT2D eigenvalue weighted by Gasteiger charge is 2.40. The zero-order valence-electron chi connectivity index (χ0n) is 17.5. The molecule has 3 nitrogen and oxygen atoms in total. The van der Waals surface area contributed by atoms with Crippen LogP contribution in [0.15, 0.2) is 29.6 Å². The predicted molar refractivity (Wildman–Crippen MR) is 118 cm³/mol. The third-order valence-electron chi connectivity index (χ3n) is 6.17. The number of hydrogen-bond acceptors (Lipinski definition) is 3. The molecule has 4 rings (SSSR count). The number of fused-ring (bicyclic) bond motifs is 1. The Hall–Kier alpha value is -1.65. The molecule has 0 saturated heterocycles. The molecule has 2 heterocycles. The van der Waals surface area contributed by atoms with Crippen molar-refractivity contribution in [3.8, 4) is 0 Å². The van der Waals surface area contributed by atoms with E-state index in [0.717, 1.165) is 24.6 Å². The van der Waals surface area contributed by atoms with Gasteiger partial charge in [0.05, 0.1) is 6.54 Å². The Balaban J connectivity index is 1.54.